The number of aryl methyl sites for hydroxylation is 1. The maximum absolute atomic E-state index is 14.0. The van der Waals surface area contributed by atoms with Crippen LogP contribution in [0.2, 0.25) is 0 Å². The second-order valence-electron chi connectivity index (χ2n) is 8.75. The zero-order chi connectivity index (χ0) is 25.9. The molecule has 6 nitrogen and oxygen atoms in total. The Hall–Kier alpha value is -3.98. The Morgan fingerprint density at radius 2 is 1.59 bits per heavy atom. The van der Waals surface area contributed by atoms with Crippen molar-refractivity contribution in [2.45, 2.75) is 11.8 Å². The Labute approximate surface area is 217 Å². The van der Waals surface area contributed by atoms with E-state index in [-0.39, 0.29) is 24.6 Å². The first kappa shape index (κ1) is 24.7. The maximum atomic E-state index is 14.0. The largest absolute Gasteiger partial charge is 0.335 e. The first-order valence-electron chi connectivity index (χ1n) is 11.8. The molecule has 0 bridgehead atoms. The van der Waals surface area contributed by atoms with Crippen molar-refractivity contribution in [3.8, 4) is 0 Å². The number of nitrogens with one attached hydrogen (secondary N) is 1. The van der Waals surface area contributed by atoms with Crippen molar-refractivity contribution in [3.63, 3.8) is 0 Å². The molecule has 2 heterocycles. The summed E-state index contributed by atoms with van der Waals surface area (Å²) in [7, 11) is 0. The summed E-state index contributed by atoms with van der Waals surface area (Å²) in [5, 5.41) is 1.06. The van der Waals surface area contributed by atoms with E-state index in [2.05, 4.69) is 9.71 Å². The standard InChI is InChI=1S/C28H24F2N4O2S/c1-18-17-20(10-11-23(18)32-37-24-9-2-5-19-6-4-12-31-26(19)24)27(35)33-13-15-34(16-14-33)28(36)21-7-3-8-22(29)25(21)30/h2-12,17,32H,13-16H2,1H3. The summed E-state index contributed by atoms with van der Waals surface area (Å²) >= 11 is 1.47. The van der Waals surface area contributed by atoms with Gasteiger partial charge in [0.2, 0.25) is 0 Å². The number of halogens is 2. The number of piperazine rings is 1. The molecule has 1 aliphatic heterocycles. The number of benzene rings is 3. The molecule has 1 N–H and O–H groups in total. The normalized spacial score (nSPS) is 13.6. The van der Waals surface area contributed by atoms with Gasteiger partial charge in [0.15, 0.2) is 11.6 Å². The highest BCUT2D eigenvalue weighted by atomic mass is 32.2. The Balaban J connectivity index is 1.21. The Bertz CT molecular complexity index is 1480. The second kappa shape index (κ2) is 10.6. The average molecular weight is 519 g/mol. The topological polar surface area (TPSA) is 65.5 Å². The Kier molecular flexibility index (Phi) is 7.05. The molecule has 1 aliphatic rings. The average Bonchev–Trinajstić information content (AvgIpc) is 2.93. The van der Waals surface area contributed by atoms with Gasteiger partial charge in [0, 0.05) is 49.0 Å². The third kappa shape index (κ3) is 5.13. The summed E-state index contributed by atoms with van der Waals surface area (Å²) in [6.07, 6.45) is 1.77. The monoisotopic (exact) mass is 518 g/mol. The van der Waals surface area contributed by atoms with Crippen molar-refractivity contribution in [3.05, 3.63) is 101 Å². The number of carbonyl (C=O) groups is 2. The zero-order valence-electron chi connectivity index (χ0n) is 20.1. The van der Waals surface area contributed by atoms with Crippen molar-refractivity contribution in [1.29, 1.82) is 0 Å². The number of fused-ring (bicyclic) bond motifs is 1. The number of nitrogens with zero attached hydrogens (tertiary/aromatic N) is 3. The number of carbonyl (C=O) groups excluding carboxylic acids is 2. The van der Waals surface area contributed by atoms with E-state index in [1.165, 1.54) is 29.0 Å². The van der Waals surface area contributed by atoms with Crippen LogP contribution in [0.1, 0.15) is 26.3 Å². The number of anilines is 1. The number of hydrogen-bond acceptors (Lipinski definition) is 5. The van der Waals surface area contributed by atoms with Crippen molar-refractivity contribution in [2.75, 3.05) is 30.9 Å². The van der Waals surface area contributed by atoms with Gasteiger partial charge in [-0.05, 0) is 66.9 Å². The molecular formula is C28H24F2N4O2S. The van der Waals surface area contributed by atoms with E-state index in [1.807, 2.05) is 49.4 Å². The van der Waals surface area contributed by atoms with Gasteiger partial charge in [0.25, 0.3) is 11.8 Å². The summed E-state index contributed by atoms with van der Waals surface area (Å²) in [4.78, 5) is 34.3. The predicted molar refractivity (Wildman–Crippen MR) is 141 cm³/mol. The molecule has 5 rings (SSSR count). The number of amides is 2. The van der Waals surface area contributed by atoms with Gasteiger partial charge in [-0.2, -0.15) is 0 Å². The lowest BCUT2D eigenvalue weighted by molar-refractivity contribution is 0.0532. The van der Waals surface area contributed by atoms with E-state index in [9.17, 15) is 18.4 Å². The number of hydrogen-bond donors (Lipinski definition) is 1. The van der Waals surface area contributed by atoms with E-state index in [4.69, 9.17) is 0 Å². The predicted octanol–water partition coefficient (Wildman–Crippen LogP) is 5.54. The van der Waals surface area contributed by atoms with Crippen molar-refractivity contribution >= 4 is 40.4 Å². The molecule has 0 saturated carbocycles. The minimum atomic E-state index is -1.15. The lowest BCUT2D eigenvalue weighted by atomic mass is 10.1. The summed E-state index contributed by atoms with van der Waals surface area (Å²) in [6.45, 7) is 3.05. The smallest absolute Gasteiger partial charge is 0.257 e. The first-order valence-corrected chi connectivity index (χ1v) is 12.6. The molecule has 4 aromatic rings. The first-order chi connectivity index (χ1) is 17.9. The quantitative estimate of drug-likeness (QED) is 0.352. The van der Waals surface area contributed by atoms with Crippen LogP contribution in [0.25, 0.3) is 10.9 Å². The molecule has 0 radical (unpaired) electrons. The van der Waals surface area contributed by atoms with E-state index in [0.29, 0.717) is 18.7 Å². The molecule has 0 aliphatic carbocycles. The molecule has 1 saturated heterocycles. The Morgan fingerprint density at radius 3 is 2.35 bits per heavy atom. The summed E-state index contributed by atoms with van der Waals surface area (Å²) in [5.41, 5.74) is 2.99. The highest BCUT2D eigenvalue weighted by molar-refractivity contribution is 8.00. The zero-order valence-corrected chi connectivity index (χ0v) is 20.9. The van der Waals surface area contributed by atoms with Crippen LogP contribution in [-0.2, 0) is 0 Å². The summed E-state index contributed by atoms with van der Waals surface area (Å²) < 4.78 is 30.9. The van der Waals surface area contributed by atoms with Gasteiger partial charge in [-0.15, -0.1) is 0 Å². The fourth-order valence-electron chi connectivity index (χ4n) is 4.31. The number of aromatic nitrogens is 1. The SMILES string of the molecule is Cc1cc(C(=O)N2CCN(C(=O)c3cccc(F)c3F)CC2)ccc1NSc1cccc2cccnc12. The van der Waals surface area contributed by atoms with Gasteiger partial charge in [-0.25, -0.2) is 8.78 Å². The fraction of sp³-hybridized carbons (Fsp3) is 0.179. The molecule has 3 aromatic carbocycles. The molecular weight excluding hydrogens is 494 g/mol. The highest BCUT2D eigenvalue weighted by Gasteiger charge is 2.27. The minimum Gasteiger partial charge on any atom is -0.335 e. The summed E-state index contributed by atoms with van der Waals surface area (Å²) in [5.74, 6) is -2.91. The van der Waals surface area contributed by atoms with E-state index < -0.39 is 17.5 Å². The van der Waals surface area contributed by atoms with Crippen molar-refractivity contribution in [2.24, 2.45) is 0 Å². The maximum Gasteiger partial charge on any atom is 0.257 e. The molecule has 0 atom stereocenters. The summed E-state index contributed by atoms with van der Waals surface area (Å²) in [6, 6.07) is 19.0. The lowest BCUT2D eigenvalue weighted by Gasteiger charge is -2.35. The highest BCUT2D eigenvalue weighted by Crippen LogP contribution is 2.29. The van der Waals surface area contributed by atoms with Gasteiger partial charge in [-0.1, -0.05) is 24.3 Å². The number of pyridine rings is 1. The minimum absolute atomic E-state index is 0.135. The van der Waals surface area contributed by atoms with Crippen LogP contribution in [0.3, 0.4) is 0 Å². The van der Waals surface area contributed by atoms with Gasteiger partial charge in [0.05, 0.1) is 16.0 Å². The molecule has 37 heavy (non-hydrogen) atoms. The van der Waals surface area contributed by atoms with Crippen LogP contribution in [0, 0.1) is 18.6 Å². The van der Waals surface area contributed by atoms with Crippen LogP contribution in [0.4, 0.5) is 14.5 Å². The van der Waals surface area contributed by atoms with Gasteiger partial charge >= 0.3 is 0 Å². The molecule has 9 heteroatoms. The third-order valence-corrected chi connectivity index (χ3v) is 7.25. The van der Waals surface area contributed by atoms with Crippen molar-refractivity contribution in [1.82, 2.24) is 14.8 Å². The molecule has 0 unspecified atom stereocenters. The molecule has 0 spiro atoms. The Morgan fingerprint density at radius 1 is 0.892 bits per heavy atom. The van der Waals surface area contributed by atoms with Gasteiger partial charge < -0.3 is 14.5 Å². The van der Waals surface area contributed by atoms with Gasteiger partial charge in [-0.3, -0.25) is 14.6 Å². The van der Waals surface area contributed by atoms with Gasteiger partial charge in [0.1, 0.15) is 0 Å². The van der Waals surface area contributed by atoms with Crippen molar-refractivity contribution < 1.29 is 18.4 Å². The van der Waals surface area contributed by atoms with Crippen LogP contribution in [0.15, 0.2) is 77.8 Å². The fourth-order valence-corrected chi connectivity index (χ4v) is 5.18. The number of rotatable bonds is 5. The van der Waals surface area contributed by atoms with E-state index in [0.717, 1.165) is 33.1 Å². The molecule has 1 aromatic heterocycles. The van der Waals surface area contributed by atoms with Crippen LogP contribution >= 0.6 is 11.9 Å². The van der Waals surface area contributed by atoms with Crippen LogP contribution in [0.5, 0.6) is 0 Å². The molecule has 1 fully saturated rings. The van der Waals surface area contributed by atoms with Crippen LogP contribution in [-0.4, -0.2) is 52.8 Å². The third-order valence-electron chi connectivity index (χ3n) is 6.38. The second-order valence-corrected chi connectivity index (χ2v) is 9.60. The number of para-hydroxylation sites is 1. The van der Waals surface area contributed by atoms with E-state index in [1.54, 1.807) is 17.2 Å². The molecule has 2 amide bonds. The molecule has 188 valence electrons. The van der Waals surface area contributed by atoms with Crippen LogP contribution < -0.4 is 4.72 Å². The van der Waals surface area contributed by atoms with E-state index >= 15 is 0 Å². The lowest BCUT2D eigenvalue weighted by Crippen LogP contribution is -2.50.